The average Bonchev–Trinajstić information content (AvgIpc) is 3.25. The molecule has 0 atom stereocenters. The van der Waals surface area contributed by atoms with Gasteiger partial charge in [0.05, 0.1) is 6.54 Å². The summed E-state index contributed by atoms with van der Waals surface area (Å²) in [5.74, 6) is 1.65. The SMILES string of the molecule is Cc1nc(NCc2cccc(Cn3cccn3)c2)cc2nncn12. The Kier molecular flexibility index (Phi) is 3.66. The first-order valence-electron chi connectivity index (χ1n) is 7.74. The normalized spacial score (nSPS) is 11.0. The molecule has 0 saturated heterocycles. The molecule has 4 rings (SSSR count). The minimum absolute atomic E-state index is 0.698. The number of hydrogen-bond acceptors (Lipinski definition) is 5. The maximum Gasteiger partial charge on any atom is 0.165 e. The summed E-state index contributed by atoms with van der Waals surface area (Å²) in [5, 5.41) is 15.6. The highest BCUT2D eigenvalue weighted by molar-refractivity contribution is 5.49. The van der Waals surface area contributed by atoms with Gasteiger partial charge in [-0.2, -0.15) is 5.10 Å². The van der Waals surface area contributed by atoms with Crippen LogP contribution in [0.25, 0.3) is 5.65 Å². The number of fused-ring (bicyclic) bond motifs is 1. The highest BCUT2D eigenvalue weighted by atomic mass is 15.3. The second-order valence-electron chi connectivity index (χ2n) is 5.62. The molecule has 0 bridgehead atoms. The van der Waals surface area contributed by atoms with E-state index in [1.54, 1.807) is 12.5 Å². The van der Waals surface area contributed by atoms with Crippen molar-refractivity contribution in [3.05, 3.63) is 72.1 Å². The number of aryl methyl sites for hydroxylation is 1. The fourth-order valence-corrected chi connectivity index (χ4v) is 2.68. The first-order valence-corrected chi connectivity index (χ1v) is 7.74. The molecule has 0 spiro atoms. The number of benzene rings is 1. The van der Waals surface area contributed by atoms with Gasteiger partial charge in [0.1, 0.15) is 18.0 Å². The predicted molar refractivity (Wildman–Crippen MR) is 90.6 cm³/mol. The fraction of sp³-hybridized carbons (Fsp3) is 0.176. The number of nitrogens with zero attached hydrogens (tertiary/aromatic N) is 6. The van der Waals surface area contributed by atoms with Crippen molar-refractivity contribution in [2.75, 3.05) is 5.32 Å². The van der Waals surface area contributed by atoms with E-state index in [0.29, 0.717) is 6.54 Å². The topological polar surface area (TPSA) is 72.9 Å². The molecule has 0 aliphatic rings. The molecule has 0 fully saturated rings. The molecule has 7 nitrogen and oxygen atoms in total. The van der Waals surface area contributed by atoms with Crippen molar-refractivity contribution in [2.45, 2.75) is 20.0 Å². The lowest BCUT2D eigenvalue weighted by Gasteiger charge is -2.09. The van der Waals surface area contributed by atoms with Crippen LogP contribution in [-0.2, 0) is 13.1 Å². The lowest BCUT2D eigenvalue weighted by molar-refractivity contribution is 0.686. The summed E-state index contributed by atoms with van der Waals surface area (Å²) in [6, 6.07) is 12.3. The van der Waals surface area contributed by atoms with Gasteiger partial charge in [-0.1, -0.05) is 24.3 Å². The van der Waals surface area contributed by atoms with Crippen LogP contribution in [0.1, 0.15) is 17.0 Å². The van der Waals surface area contributed by atoms with Crippen LogP contribution in [0, 0.1) is 6.92 Å². The Morgan fingerprint density at radius 1 is 1.12 bits per heavy atom. The third kappa shape index (κ3) is 2.96. The summed E-state index contributed by atoms with van der Waals surface area (Å²) in [4.78, 5) is 4.53. The van der Waals surface area contributed by atoms with Crippen LogP contribution in [0.2, 0.25) is 0 Å². The zero-order valence-electron chi connectivity index (χ0n) is 13.3. The summed E-state index contributed by atoms with van der Waals surface area (Å²) >= 11 is 0. The number of anilines is 1. The molecular formula is C17H17N7. The summed E-state index contributed by atoms with van der Waals surface area (Å²) in [6.45, 7) is 3.40. The highest BCUT2D eigenvalue weighted by Gasteiger charge is 2.04. The molecule has 4 aromatic rings. The maximum absolute atomic E-state index is 4.53. The van der Waals surface area contributed by atoms with Gasteiger partial charge < -0.3 is 5.32 Å². The Morgan fingerprint density at radius 3 is 2.92 bits per heavy atom. The van der Waals surface area contributed by atoms with Gasteiger partial charge in [-0.25, -0.2) is 4.98 Å². The van der Waals surface area contributed by atoms with Crippen LogP contribution in [0.3, 0.4) is 0 Å². The molecule has 0 amide bonds. The van der Waals surface area contributed by atoms with E-state index in [1.165, 1.54) is 11.1 Å². The molecule has 3 heterocycles. The van der Waals surface area contributed by atoms with E-state index in [-0.39, 0.29) is 0 Å². The van der Waals surface area contributed by atoms with Gasteiger partial charge in [-0.05, 0) is 24.1 Å². The minimum Gasteiger partial charge on any atom is -0.366 e. The van der Waals surface area contributed by atoms with Gasteiger partial charge >= 0.3 is 0 Å². The maximum atomic E-state index is 4.53. The van der Waals surface area contributed by atoms with Crippen molar-refractivity contribution in [3.63, 3.8) is 0 Å². The fourth-order valence-electron chi connectivity index (χ4n) is 2.68. The molecule has 0 unspecified atom stereocenters. The van der Waals surface area contributed by atoms with Gasteiger partial charge in [-0.15, -0.1) is 10.2 Å². The highest BCUT2D eigenvalue weighted by Crippen LogP contribution is 2.12. The molecule has 7 heteroatoms. The molecule has 0 aliphatic carbocycles. The molecule has 0 aliphatic heterocycles. The third-order valence-corrected chi connectivity index (χ3v) is 3.84. The van der Waals surface area contributed by atoms with E-state index in [1.807, 2.05) is 34.3 Å². The summed E-state index contributed by atoms with van der Waals surface area (Å²) in [7, 11) is 0. The number of rotatable bonds is 5. The van der Waals surface area contributed by atoms with E-state index in [2.05, 4.69) is 49.9 Å². The molecule has 0 saturated carbocycles. The van der Waals surface area contributed by atoms with Crippen molar-refractivity contribution in [3.8, 4) is 0 Å². The van der Waals surface area contributed by atoms with Crippen molar-refractivity contribution < 1.29 is 0 Å². The number of aromatic nitrogens is 6. The monoisotopic (exact) mass is 319 g/mol. The van der Waals surface area contributed by atoms with Crippen LogP contribution in [-0.4, -0.2) is 29.4 Å². The van der Waals surface area contributed by atoms with Gasteiger partial charge in [-0.3, -0.25) is 9.08 Å². The predicted octanol–water partition coefficient (Wildman–Crippen LogP) is 2.29. The average molecular weight is 319 g/mol. The first kappa shape index (κ1) is 14.4. The van der Waals surface area contributed by atoms with Gasteiger partial charge in [0.25, 0.3) is 0 Å². The molecule has 0 radical (unpaired) electrons. The zero-order valence-corrected chi connectivity index (χ0v) is 13.3. The Morgan fingerprint density at radius 2 is 2.04 bits per heavy atom. The molecule has 24 heavy (non-hydrogen) atoms. The zero-order chi connectivity index (χ0) is 16.4. The van der Waals surface area contributed by atoms with Crippen LogP contribution in [0.4, 0.5) is 5.82 Å². The Bertz CT molecular complexity index is 956. The van der Waals surface area contributed by atoms with Gasteiger partial charge in [0.2, 0.25) is 0 Å². The lowest BCUT2D eigenvalue weighted by Crippen LogP contribution is -2.06. The number of nitrogens with one attached hydrogen (secondary N) is 1. The smallest absolute Gasteiger partial charge is 0.165 e. The molecule has 1 aromatic carbocycles. The minimum atomic E-state index is 0.698. The lowest BCUT2D eigenvalue weighted by atomic mass is 10.1. The summed E-state index contributed by atoms with van der Waals surface area (Å²) in [6.07, 6.45) is 5.42. The summed E-state index contributed by atoms with van der Waals surface area (Å²) < 4.78 is 3.77. The van der Waals surface area contributed by atoms with Gasteiger partial charge in [0, 0.05) is 25.0 Å². The van der Waals surface area contributed by atoms with E-state index in [0.717, 1.165) is 23.8 Å². The molecule has 120 valence electrons. The van der Waals surface area contributed by atoms with Crippen molar-refractivity contribution in [2.24, 2.45) is 0 Å². The van der Waals surface area contributed by atoms with Crippen LogP contribution in [0.15, 0.2) is 55.1 Å². The summed E-state index contributed by atoms with van der Waals surface area (Å²) in [5.41, 5.74) is 3.20. The first-order chi connectivity index (χ1) is 11.8. The van der Waals surface area contributed by atoms with Gasteiger partial charge in [0.15, 0.2) is 5.65 Å². The Balaban J connectivity index is 1.48. The van der Waals surface area contributed by atoms with Crippen molar-refractivity contribution in [1.82, 2.24) is 29.4 Å². The van der Waals surface area contributed by atoms with Crippen LogP contribution >= 0.6 is 0 Å². The van der Waals surface area contributed by atoms with Crippen LogP contribution < -0.4 is 5.32 Å². The Hall–Kier alpha value is -3.22. The van der Waals surface area contributed by atoms with Crippen molar-refractivity contribution in [1.29, 1.82) is 0 Å². The molecule has 3 aromatic heterocycles. The van der Waals surface area contributed by atoms with E-state index in [4.69, 9.17) is 0 Å². The number of hydrogen-bond donors (Lipinski definition) is 1. The van der Waals surface area contributed by atoms with Crippen molar-refractivity contribution >= 4 is 11.5 Å². The van der Waals surface area contributed by atoms with E-state index in [9.17, 15) is 0 Å². The standard InChI is InChI=1S/C17H17N7/c1-13-21-16(9-17-22-19-12-24(13)17)18-10-14-4-2-5-15(8-14)11-23-7-3-6-20-23/h2-9,12,18H,10-11H2,1H3. The largest absolute Gasteiger partial charge is 0.366 e. The Labute approximate surface area is 139 Å². The third-order valence-electron chi connectivity index (χ3n) is 3.84. The molecular weight excluding hydrogens is 302 g/mol. The quantitative estimate of drug-likeness (QED) is 0.611. The second-order valence-corrected chi connectivity index (χ2v) is 5.62. The van der Waals surface area contributed by atoms with Crippen LogP contribution in [0.5, 0.6) is 0 Å². The second kappa shape index (κ2) is 6.11. The van der Waals surface area contributed by atoms with E-state index < -0.39 is 0 Å². The van der Waals surface area contributed by atoms with E-state index >= 15 is 0 Å². The molecule has 1 N–H and O–H groups in total.